The Morgan fingerprint density at radius 2 is 1.42 bits per heavy atom. The van der Waals surface area contributed by atoms with Gasteiger partial charge in [-0.05, 0) is 99.9 Å². The summed E-state index contributed by atoms with van der Waals surface area (Å²) in [6.45, 7) is 18.6. The molecule has 0 spiro atoms. The first-order chi connectivity index (χ1) is 50.2. The molecule has 1 saturated heterocycles. The van der Waals surface area contributed by atoms with Crippen LogP contribution in [0.5, 0.6) is 0 Å². The molecule has 1 heterocycles. The third-order valence-electron chi connectivity index (χ3n) is 20.2. The Morgan fingerprint density at radius 1 is 0.794 bits per heavy atom. The van der Waals surface area contributed by atoms with Crippen molar-refractivity contribution in [3.05, 3.63) is 113 Å². The molecule has 3 aliphatic carbocycles. The van der Waals surface area contributed by atoms with Crippen LogP contribution in [-0.2, 0) is 82.8 Å². The summed E-state index contributed by atoms with van der Waals surface area (Å²) >= 11 is 1.13. The maximum Gasteiger partial charge on any atom is 0.410 e. The molecule has 30 nitrogen and oxygen atoms in total. The minimum absolute atomic E-state index is 0.0197. The number of methoxy groups -OCH3 is 2. The van der Waals surface area contributed by atoms with Gasteiger partial charge in [0, 0.05) is 84.7 Å². The lowest BCUT2D eigenvalue weighted by atomic mass is 9.44. The number of esters is 3. The molecule has 31 heteroatoms. The highest BCUT2D eigenvalue weighted by Gasteiger charge is 2.78. The van der Waals surface area contributed by atoms with Crippen LogP contribution in [0.3, 0.4) is 0 Å². The summed E-state index contributed by atoms with van der Waals surface area (Å²) in [6.07, 6.45) is -12.2. The van der Waals surface area contributed by atoms with E-state index in [4.69, 9.17) is 48.4 Å². The molecule has 1 aliphatic heterocycles. The summed E-state index contributed by atoms with van der Waals surface area (Å²) in [5.41, 5.74) is -1.89. The third kappa shape index (κ3) is 20.2. The summed E-state index contributed by atoms with van der Waals surface area (Å²) in [5.74, 6) is -7.26. The smallest absolute Gasteiger partial charge is 0.410 e. The van der Waals surface area contributed by atoms with Crippen molar-refractivity contribution < 1.29 is 105 Å². The molecule has 7 rings (SSSR count). The SMILES string of the molecule is CO[C@H]1C(=O)[C@@]2(C)C([C@H](OC(=O)c3ccccc3)[C@]3(O)C[C@H](OC(=O)[C@H](OC(=O)N(C)CCN(C)C(=O)OCc4ccc(NC(=O)[C@H](CCCNC(N)=O)NC(=O)[C@@H](NC(=O)CSCC(=O)C(C)C)C(C)C)cc4)[C@@H](NC(=O)OC(C)(C)C)c4ccccc4)C(C)=C1C3(C)C)[C@]1(OC(C)=O)CO[C@@H]1C[C@@H]2OC. The van der Waals surface area contributed by atoms with Gasteiger partial charge in [-0.1, -0.05) is 102 Å². The standard InChI is InChI=1S/C76H104N8O22S/c1-42(2)51(86)39-107-40-55(87)81-57(43(3)4)65(90)80-50(28-23-33-78-68(77)93)64(89)79-49-31-29-46(30-32-49)38-100-70(95)83(13)34-35-84(14)71(96)103-60(58(47-24-19-17-20-25-47)82-69(94)106-72(7,8)9)67(92)102-52-37-76(97)63(104-66(91)48-26-21-18-22-27-48)61-74(12,62(88)59(99-16)56(44(52)5)73(76,10)11)53(98-15)36-54-75(61,41-101-54)105-45(6)85/h17-22,24-27,29-32,42-43,50,52-54,57-61,63,97H,23,28,33-41H2,1-16H3,(H,79,89)(H,80,90)(H,81,87)(H,82,94)(H3,77,78,93)/t50-,52-,53-,54+,57-,58-,59+,60+,61?,63-,74+,75-,76+/m0/s1. The van der Waals surface area contributed by atoms with E-state index in [-0.39, 0.29) is 97.6 Å². The largest absolute Gasteiger partial charge is 0.455 e. The number of nitrogens with one attached hydrogen (secondary N) is 5. The lowest BCUT2D eigenvalue weighted by Gasteiger charge is -2.67. The zero-order valence-electron chi connectivity index (χ0n) is 63.7. The van der Waals surface area contributed by atoms with Gasteiger partial charge in [0.1, 0.15) is 66.1 Å². The number of primary amides is 1. The highest BCUT2D eigenvalue weighted by molar-refractivity contribution is 8.00. The molecule has 1 unspecified atom stereocenters. The van der Waals surface area contributed by atoms with E-state index < -0.39 is 166 Å². The number of carbonyl (C=O) groups is 12. The number of aliphatic hydroxyl groups is 1. The molecule has 0 aromatic heterocycles. The second-order valence-corrected chi connectivity index (χ2v) is 30.8. The summed E-state index contributed by atoms with van der Waals surface area (Å²) in [6, 6.07) is 17.7. The van der Waals surface area contributed by atoms with Gasteiger partial charge in [0.15, 0.2) is 11.4 Å². The van der Waals surface area contributed by atoms with Crippen LogP contribution >= 0.6 is 11.8 Å². The summed E-state index contributed by atoms with van der Waals surface area (Å²) < 4.78 is 55.3. The van der Waals surface area contributed by atoms with Crippen LogP contribution in [0.2, 0.25) is 0 Å². The maximum atomic E-state index is 16.0. The summed E-state index contributed by atoms with van der Waals surface area (Å²) in [7, 11) is 5.45. The number of nitrogens with zero attached hydrogens (tertiary/aromatic N) is 2. The van der Waals surface area contributed by atoms with E-state index >= 15 is 9.59 Å². The number of alkyl carbamates (subject to hydrolysis) is 1. The predicted octanol–water partition coefficient (Wildman–Crippen LogP) is 6.88. The molecule has 2 bridgehead atoms. The number of nitrogens with two attached hydrogens (primary N) is 1. The van der Waals surface area contributed by atoms with Crippen LogP contribution in [0.4, 0.5) is 24.9 Å². The fourth-order valence-electron chi connectivity index (χ4n) is 14.2. The monoisotopic (exact) mass is 1510 g/mol. The number of anilines is 1. The fraction of sp³-hybridized carbons (Fsp3) is 0.579. The van der Waals surface area contributed by atoms with Crippen LogP contribution in [-0.4, -0.2) is 218 Å². The number of likely N-dealkylation sites (N-methyl/N-ethyl adjacent to an activating group) is 2. The van der Waals surface area contributed by atoms with Crippen molar-refractivity contribution in [3.63, 3.8) is 0 Å². The van der Waals surface area contributed by atoms with E-state index in [2.05, 4.69) is 26.6 Å². The van der Waals surface area contributed by atoms with Crippen molar-refractivity contribution in [1.82, 2.24) is 31.1 Å². The van der Waals surface area contributed by atoms with Gasteiger partial charge < -0.3 is 89.9 Å². The van der Waals surface area contributed by atoms with Crippen LogP contribution < -0.4 is 32.3 Å². The molecule has 8 amide bonds. The molecule has 3 aromatic carbocycles. The van der Waals surface area contributed by atoms with E-state index in [1.54, 1.807) is 149 Å². The van der Waals surface area contributed by atoms with Crippen molar-refractivity contribution in [2.75, 3.05) is 71.4 Å². The van der Waals surface area contributed by atoms with Crippen molar-refractivity contribution in [2.45, 2.75) is 187 Å². The molecule has 4 aliphatic rings. The van der Waals surface area contributed by atoms with E-state index in [1.165, 1.54) is 52.3 Å². The number of carbonyl (C=O) groups excluding carboxylic acids is 12. The van der Waals surface area contributed by atoms with Gasteiger partial charge in [-0.2, -0.15) is 0 Å². The molecule has 3 fully saturated rings. The number of amides is 8. The Hall–Kier alpha value is -9.17. The highest BCUT2D eigenvalue weighted by atomic mass is 32.2. The minimum Gasteiger partial charge on any atom is -0.455 e. The Bertz CT molecular complexity index is 3760. The molecule has 13 atom stereocenters. The molecular weight excluding hydrogens is 1410 g/mol. The lowest BCUT2D eigenvalue weighted by Crippen LogP contribution is -2.82. The average molecular weight is 1510 g/mol. The number of fused-ring (bicyclic) bond motifs is 5. The van der Waals surface area contributed by atoms with Crippen molar-refractivity contribution in [3.8, 4) is 0 Å². The zero-order chi connectivity index (χ0) is 79.3. The molecule has 3 aromatic rings. The van der Waals surface area contributed by atoms with Gasteiger partial charge >= 0.3 is 42.2 Å². The number of Topliss-reactive ketones (excluding diaryl/α,β-unsaturated/α-hetero) is 2. The summed E-state index contributed by atoms with van der Waals surface area (Å²) in [4.78, 5) is 168. The molecule has 586 valence electrons. The van der Waals surface area contributed by atoms with Crippen molar-refractivity contribution in [2.24, 2.45) is 34.3 Å². The molecule has 2 saturated carbocycles. The first-order valence-corrected chi connectivity index (χ1v) is 36.7. The van der Waals surface area contributed by atoms with Crippen molar-refractivity contribution in [1.29, 1.82) is 0 Å². The Balaban J connectivity index is 1.11. The van der Waals surface area contributed by atoms with Crippen LogP contribution in [0, 0.1) is 28.6 Å². The zero-order valence-corrected chi connectivity index (χ0v) is 64.5. The normalized spacial score (nSPS) is 23.9. The number of ketones is 2. The van der Waals surface area contributed by atoms with Gasteiger partial charge in [0.25, 0.3) is 0 Å². The topological polar surface area (TPSA) is 401 Å². The lowest BCUT2D eigenvalue weighted by molar-refractivity contribution is -0.347. The quantitative estimate of drug-likeness (QED) is 0.0149. The first-order valence-electron chi connectivity index (χ1n) is 35.5. The number of urea groups is 1. The molecular formula is C76H104N8O22S. The van der Waals surface area contributed by atoms with Gasteiger partial charge in [0.05, 0.1) is 41.1 Å². The number of rotatable bonds is 31. The average Bonchev–Trinajstić information content (AvgIpc) is 0.668. The molecule has 107 heavy (non-hydrogen) atoms. The summed E-state index contributed by atoms with van der Waals surface area (Å²) in [5, 5.41) is 27.6. The van der Waals surface area contributed by atoms with E-state index in [0.717, 1.165) is 16.7 Å². The number of benzene rings is 3. The van der Waals surface area contributed by atoms with E-state index in [9.17, 15) is 53.1 Å². The van der Waals surface area contributed by atoms with E-state index in [1.807, 2.05) is 0 Å². The van der Waals surface area contributed by atoms with Gasteiger partial charge in [-0.15, -0.1) is 11.8 Å². The van der Waals surface area contributed by atoms with Gasteiger partial charge in [-0.25, -0.2) is 28.8 Å². The first kappa shape index (κ1) is 85.1. The molecule has 0 radical (unpaired) electrons. The Morgan fingerprint density at radius 3 is 1.98 bits per heavy atom. The Kier molecular flexibility index (Phi) is 28.7. The number of hydrogen-bond donors (Lipinski definition) is 7. The van der Waals surface area contributed by atoms with Crippen LogP contribution in [0.25, 0.3) is 0 Å². The van der Waals surface area contributed by atoms with Gasteiger partial charge in [0.2, 0.25) is 23.8 Å². The second-order valence-electron chi connectivity index (χ2n) is 29.8. The fourth-order valence-corrected chi connectivity index (χ4v) is 15.1. The third-order valence-corrected chi connectivity index (χ3v) is 21.2. The maximum absolute atomic E-state index is 16.0. The highest BCUT2D eigenvalue weighted by Crippen LogP contribution is 2.65. The minimum atomic E-state index is -2.40. The Labute approximate surface area is 627 Å². The number of thioether (sulfide) groups is 1. The van der Waals surface area contributed by atoms with Crippen LogP contribution in [0.1, 0.15) is 136 Å². The second kappa shape index (κ2) is 36.2. The predicted molar refractivity (Wildman–Crippen MR) is 391 cm³/mol. The van der Waals surface area contributed by atoms with Crippen molar-refractivity contribution >= 4 is 89.0 Å². The van der Waals surface area contributed by atoms with E-state index in [0.29, 0.717) is 11.3 Å². The number of hydrogen-bond acceptors (Lipinski definition) is 23. The number of ether oxygens (including phenoxy) is 9. The van der Waals surface area contributed by atoms with Crippen LogP contribution in [0.15, 0.2) is 96.1 Å². The molecule has 8 N–H and O–H groups in total. The van der Waals surface area contributed by atoms with Gasteiger partial charge in [-0.3, -0.25) is 28.8 Å².